The molecule has 0 bridgehead atoms. The van der Waals surface area contributed by atoms with E-state index < -0.39 is 47.9 Å². The minimum absolute atomic E-state index is 0.0734. The summed E-state index contributed by atoms with van der Waals surface area (Å²) in [4.78, 5) is 74.3. The maximum absolute atomic E-state index is 12.3. The molecule has 36 heavy (non-hydrogen) atoms. The van der Waals surface area contributed by atoms with E-state index in [-0.39, 0.29) is 38.8 Å². The molecule has 0 radical (unpaired) electrons. The Morgan fingerprint density at radius 2 is 0.944 bits per heavy atom. The molecule has 0 aromatic rings. The van der Waals surface area contributed by atoms with Crippen LogP contribution in [0.2, 0.25) is 0 Å². The zero-order chi connectivity index (χ0) is 27.7. The largest absolute Gasteiger partial charge is 0.478 e. The molecule has 0 saturated carbocycles. The Balaban J connectivity index is 4.73. The van der Waals surface area contributed by atoms with Crippen LogP contribution in [-0.2, 0) is 28.8 Å². The first-order chi connectivity index (χ1) is 16.9. The summed E-state index contributed by atoms with van der Waals surface area (Å²) < 4.78 is 0. The van der Waals surface area contributed by atoms with Gasteiger partial charge in [0.1, 0.15) is 0 Å². The summed E-state index contributed by atoms with van der Waals surface area (Å²) in [5.74, 6) is -4.97. The highest BCUT2D eigenvalue weighted by Gasteiger charge is 2.23. The van der Waals surface area contributed by atoms with E-state index in [0.29, 0.717) is 25.9 Å². The first-order valence-corrected chi connectivity index (χ1v) is 11.9. The molecule has 0 fully saturated rings. The van der Waals surface area contributed by atoms with E-state index in [9.17, 15) is 39.0 Å². The molecule has 0 aromatic carbocycles. The number of aliphatic carboxylic acids is 2. The van der Waals surface area contributed by atoms with Gasteiger partial charge in [-0.3, -0.25) is 19.2 Å². The second-order valence-electron chi connectivity index (χ2n) is 8.46. The quantitative estimate of drug-likeness (QED) is 0.110. The maximum atomic E-state index is 12.3. The van der Waals surface area contributed by atoms with E-state index in [0.717, 1.165) is 0 Å². The van der Waals surface area contributed by atoms with E-state index in [1.165, 1.54) is 0 Å². The third kappa shape index (κ3) is 15.6. The van der Waals surface area contributed by atoms with Crippen molar-refractivity contribution in [2.45, 2.75) is 64.7 Å². The Bertz CT molecular complexity index is 761. The van der Waals surface area contributed by atoms with Gasteiger partial charge >= 0.3 is 11.9 Å². The molecule has 206 valence electrons. The van der Waals surface area contributed by atoms with Crippen LogP contribution in [0.25, 0.3) is 0 Å². The molecule has 0 aliphatic rings. The summed E-state index contributed by atoms with van der Waals surface area (Å²) in [7, 11) is 3.54. The normalized spacial score (nSPS) is 12.5. The first-order valence-electron chi connectivity index (χ1n) is 11.9. The minimum Gasteiger partial charge on any atom is -0.478 e. The summed E-state index contributed by atoms with van der Waals surface area (Å²) in [6.45, 7) is 5.06. The summed E-state index contributed by atoms with van der Waals surface area (Å²) in [5.41, 5.74) is 0. The van der Waals surface area contributed by atoms with Gasteiger partial charge in [0.25, 0.3) is 0 Å². The molecule has 0 spiro atoms. The minimum atomic E-state index is -1.56. The molecule has 0 rings (SSSR count). The van der Waals surface area contributed by atoms with E-state index in [4.69, 9.17) is 0 Å². The fraction of sp³-hybridized carbons (Fsp3) is 0.727. The van der Waals surface area contributed by atoms with Crippen LogP contribution < -0.4 is 21.3 Å². The fourth-order valence-electron chi connectivity index (χ4n) is 2.97. The molecule has 2 unspecified atom stereocenters. The molecular weight excluding hydrogens is 476 g/mol. The number of nitrogens with zero attached hydrogens (tertiary/aromatic N) is 2. The Kier molecular flexibility index (Phi) is 16.4. The van der Waals surface area contributed by atoms with Gasteiger partial charge < -0.3 is 41.3 Å². The van der Waals surface area contributed by atoms with Gasteiger partial charge in [-0.1, -0.05) is 13.8 Å². The van der Waals surface area contributed by atoms with Crippen LogP contribution in [0.5, 0.6) is 0 Å². The number of rotatable bonds is 19. The molecule has 0 aliphatic carbocycles. The van der Waals surface area contributed by atoms with Gasteiger partial charge in [-0.25, -0.2) is 9.59 Å². The standard InChI is InChI=1S/C22H40N6O8/c1-5-7-15(29)23-19(21(33)34)25-17(31)9-13-28(11-6-2)14-10-18(32)26-20(22(35)36)24-16(30)8-12-27(3)4/h19-20H,5-14H2,1-4H3,(H,23,29)(H,24,30)(H,25,31)(H,26,32)(H,33,34)(H,35,36). The van der Waals surface area contributed by atoms with Crippen LogP contribution >= 0.6 is 0 Å². The number of amides is 4. The molecule has 0 aromatic heterocycles. The van der Waals surface area contributed by atoms with E-state index in [1.54, 1.807) is 30.8 Å². The average molecular weight is 517 g/mol. The molecule has 2 atom stereocenters. The number of carbonyl (C=O) groups is 6. The second-order valence-corrected chi connectivity index (χ2v) is 8.46. The summed E-state index contributed by atoms with van der Waals surface area (Å²) >= 11 is 0. The fourth-order valence-corrected chi connectivity index (χ4v) is 2.97. The third-order valence-corrected chi connectivity index (χ3v) is 4.83. The highest BCUT2D eigenvalue weighted by atomic mass is 16.4. The van der Waals surface area contributed by atoms with Crippen molar-refractivity contribution in [2.24, 2.45) is 0 Å². The first kappa shape index (κ1) is 32.7. The average Bonchev–Trinajstić information content (AvgIpc) is 2.78. The highest BCUT2D eigenvalue weighted by molar-refractivity contribution is 5.88. The van der Waals surface area contributed by atoms with Gasteiger partial charge in [0, 0.05) is 45.3 Å². The topological polar surface area (TPSA) is 197 Å². The summed E-state index contributed by atoms with van der Waals surface area (Å²) in [5, 5.41) is 27.5. The van der Waals surface area contributed by atoms with E-state index in [1.807, 2.05) is 6.92 Å². The Morgan fingerprint density at radius 3 is 1.25 bits per heavy atom. The van der Waals surface area contributed by atoms with Crippen LogP contribution in [0.4, 0.5) is 0 Å². The van der Waals surface area contributed by atoms with Crippen LogP contribution in [0.15, 0.2) is 0 Å². The van der Waals surface area contributed by atoms with Crippen molar-refractivity contribution in [1.29, 1.82) is 0 Å². The van der Waals surface area contributed by atoms with Gasteiger partial charge in [-0.05, 0) is 33.5 Å². The van der Waals surface area contributed by atoms with Crippen molar-refractivity contribution < 1.29 is 39.0 Å². The third-order valence-electron chi connectivity index (χ3n) is 4.83. The Morgan fingerprint density at radius 1 is 0.583 bits per heavy atom. The number of carboxylic acids is 2. The number of hydrogen-bond acceptors (Lipinski definition) is 8. The SMILES string of the molecule is CCCC(=O)NC(NC(=O)CCN(CCC)CCC(=O)NC(NC(=O)CCN(C)C)C(=O)O)C(=O)O. The van der Waals surface area contributed by atoms with Crippen molar-refractivity contribution in [3.8, 4) is 0 Å². The van der Waals surface area contributed by atoms with E-state index in [2.05, 4.69) is 21.3 Å². The molecule has 6 N–H and O–H groups in total. The van der Waals surface area contributed by atoms with Gasteiger partial charge in [-0.2, -0.15) is 0 Å². The number of carboxylic acid groups (broad SMARTS) is 2. The van der Waals surface area contributed by atoms with Gasteiger partial charge in [0.2, 0.25) is 36.0 Å². The molecule has 0 aliphatic heterocycles. The molecule has 4 amide bonds. The van der Waals surface area contributed by atoms with Gasteiger partial charge in [0.05, 0.1) is 0 Å². The van der Waals surface area contributed by atoms with Crippen LogP contribution in [-0.4, -0.2) is 108 Å². The zero-order valence-corrected chi connectivity index (χ0v) is 21.5. The molecule has 0 saturated heterocycles. The predicted molar refractivity (Wildman–Crippen MR) is 129 cm³/mol. The van der Waals surface area contributed by atoms with Crippen LogP contribution in [0, 0.1) is 0 Å². The van der Waals surface area contributed by atoms with Crippen LogP contribution in [0.3, 0.4) is 0 Å². The maximum Gasteiger partial charge on any atom is 0.347 e. The molecular formula is C22H40N6O8. The van der Waals surface area contributed by atoms with Crippen molar-refractivity contribution in [3.63, 3.8) is 0 Å². The Labute approximate surface area is 211 Å². The zero-order valence-electron chi connectivity index (χ0n) is 21.5. The van der Waals surface area contributed by atoms with Gasteiger partial charge in [0.15, 0.2) is 0 Å². The smallest absolute Gasteiger partial charge is 0.347 e. The van der Waals surface area contributed by atoms with Gasteiger partial charge in [-0.15, -0.1) is 0 Å². The molecule has 14 heteroatoms. The van der Waals surface area contributed by atoms with Crippen molar-refractivity contribution in [2.75, 3.05) is 40.3 Å². The lowest BCUT2D eigenvalue weighted by Crippen LogP contribution is -2.53. The van der Waals surface area contributed by atoms with E-state index >= 15 is 0 Å². The van der Waals surface area contributed by atoms with Crippen molar-refractivity contribution in [3.05, 3.63) is 0 Å². The summed E-state index contributed by atoms with van der Waals surface area (Å²) in [6.07, 6.45) is -1.80. The highest BCUT2D eigenvalue weighted by Crippen LogP contribution is 1.99. The lowest BCUT2D eigenvalue weighted by Gasteiger charge is -2.23. The Hall–Kier alpha value is -3.26. The van der Waals surface area contributed by atoms with Crippen molar-refractivity contribution >= 4 is 35.6 Å². The molecule has 0 heterocycles. The second kappa shape index (κ2) is 18.1. The predicted octanol–water partition coefficient (Wildman–Crippen LogP) is -1.48. The lowest BCUT2D eigenvalue weighted by molar-refractivity contribution is -0.145. The molecule has 14 nitrogen and oxygen atoms in total. The number of hydrogen-bond donors (Lipinski definition) is 6. The van der Waals surface area contributed by atoms with Crippen LogP contribution in [0.1, 0.15) is 52.4 Å². The lowest BCUT2D eigenvalue weighted by atomic mass is 10.2. The number of carbonyl (C=O) groups excluding carboxylic acids is 4. The van der Waals surface area contributed by atoms with Crippen molar-refractivity contribution in [1.82, 2.24) is 31.1 Å². The summed E-state index contributed by atoms with van der Waals surface area (Å²) in [6, 6.07) is 0. The number of nitrogens with one attached hydrogen (secondary N) is 4. The monoisotopic (exact) mass is 516 g/mol.